The summed E-state index contributed by atoms with van der Waals surface area (Å²) in [6.45, 7) is 1.44. The first-order chi connectivity index (χ1) is 13.5. The van der Waals surface area contributed by atoms with Crippen molar-refractivity contribution in [1.82, 2.24) is 10.2 Å². The van der Waals surface area contributed by atoms with Gasteiger partial charge >= 0.3 is 0 Å². The minimum absolute atomic E-state index is 0.0126. The highest BCUT2D eigenvalue weighted by atomic mass is 35.5. The van der Waals surface area contributed by atoms with E-state index in [0.717, 1.165) is 0 Å². The van der Waals surface area contributed by atoms with Crippen LogP contribution in [0.5, 0.6) is 0 Å². The lowest BCUT2D eigenvalue weighted by Gasteiger charge is -2.31. The fourth-order valence-electron chi connectivity index (χ4n) is 3.28. The monoisotopic (exact) mass is 402 g/mol. The van der Waals surface area contributed by atoms with Crippen LogP contribution in [0.15, 0.2) is 47.1 Å². The summed E-state index contributed by atoms with van der Waals surface area (Å²) in [4.78, 5) is 38.6. The van der Waals surface area contributed by atoms with Gasteiger partial charge in [-0.1, -0.05) is 11.6 Å². The Kier molecular flexibility index (Phi) is 6.87. The molecule has 1 saturated heterocycles. The number of likely N-dealkylation sites (tertiary alicyclic amines) is 1. The second-order valence-corrected chi connectivity index (χ2v) is 7.32. The van der Waals surface area contributed by atoms with Crippen molar-refractivity contribution in [3.63, 3.8) is 0 Å². The van der Waals surface area contributed by atoms with Crippen LogP contribution in [-0.2, 0) is 16.1 Å². The number of amides is 2. The van der Waals surface area contributed by atoms with E-state index in [1.54, 1.807) is 41.5 Å². The molecule has 148 valence electrons. The fraction of sp³-hybridized carbons (Fsp3) is 0.381. The summed E-state index contributed by atoms with van der Waals surface area (Å²) in [5.41, 5.74) is 0.559. The maximum absolute atomic E-state index is 12.4. The molecule has 0 aliphatic carbocycles. The normalized spacial score (nSPS) is 14.7. The minimum Gasteiger partial charge on any atom is -0.467 e. The van der Waals surface area contributed by atoms with Gasteiger partial charge in [0, 0.05) is 42.4 Å². The highest BCUT2D eigenvalue weighted by molar-refractivity contribution is 6.30. The standard InChI is InChI=1S/C21H23ClN2O4/c22-17-5-3-15(4-6-17)19(25)7-8-20(26)24-11-9-16(10-12-24)21(27)23-14-18-2-1-13-28-18/h1-6,13,16H,7-12,14H2,(H,23,27). The zero-order valence-electron chi connectivity index (χ0n) is 15.5. The van der Waals surface area contributed by atoms with Crippen molar-refractivity contribution >= 4 is 29.2 Å². The fourth-order valence-corrected chi connectivity index (χ4v) is 3.41. The third kappa shape index (κ3) is 5.45. The lowest BCUT2D eigenvalue weighted by atomic mass is 9.95. The van der Waals surface area contributed by atoms with Gasteiger partial charge in [-0.3, -0.25) is 14.4 Å². The van der Waals surface area contributed by atoms with E-state index in [0.29, 0.717) is 48.8 Å². The lowest BCUT2D eigenvalue weighted by Crippen LogP contribution is -2.43. The van der Waals surface area contributed by atoms with Gasteiger partial charge in [-0.25, -0.2) is 0 Å². The zero-order chi connectivity index (χ0) is 19.9. The van der Waals surface area contributed by atoms with Gasteiger partial charge in [0.1, 0.15) is 5.76 Å². The van der Waals surface area contributed by atoms with Gasteiger partial charge in [0.15, 0.2) is 5.78 Å². The van der Waals surface area contributed by atoms with Crippen LogP contribution in [0.4, 0.5) is 0 Å². The van der Waals surface area contributed by atoms with Crippen LogP contribution < -0.4 is 5.32 Å². The van der Waals surface area contributed by atoms with Gasteiger partial charge in [-0.05, 0) is 49.2 Å². The molecule has 1 aliphatic heterocycles. The van der Waals surface area contributed by atoms with Crippen LogP contribution in [0.2, 0.25) is 5.02 Å². The van der Waals surface area contributed by atoms with Crippen LogP contribution in [0, 0.1) is 5.92 Å². The minimum atomic E-state index is -0.102. The molecule has 0 saturated carbocycles. The highest BCUT2D eigenvalue weighted by Gasteiger charge is 2.27. The Hall–Kier alpha value is -2.60. The zero-order valence-corrected chi connectivity index (χ0v) is 16.3. The van der Waals surface area contributed by atoms with E-state index in [4.69, 9.17) is 16.0 Å². The van der Waals surface area contributed by atoms with Gasteiger partial charge < -0.3 is 14.6 Å². The first kappa shape index (κ1) is 20.1. The molecule has 1 fully saturated rings. The van der Waals surface area contributed by atoms with E-state index in [2.05, 4.69) is 5.32 Å². The number of hydrogen-bond donors (Lipinski definition) is 1. The third-order valence-electron chi connectivity index (χ3n) is 4.97. The molecule has 1 N–H and O–H groups in total. The van der Waals surface area contributed by atoms with Gasteiger partial charge in [0.05, 0.1) is 12.8 Å². The van der Waals surface area contributed by atoms with Crippen molar-refractivity contribution in [2.24, 2.45) is 5.92 Å². The van der Waals surface area contributed by atoms with Crippen LogP contribution in [0.1, 0.15) is 41.8 Å². The Morgan fingerprint density at radius 3 is 2.43 bits per heavy atom. The van der Waals surface area contributed by atoms with E-state index < -0.39 is 0 Å². The second-order valence-electron chi connectivity index (χ2n) is 6.88. The number of carbonyl (C=O) groups is 3. The van der Waals surface area contributed by atoms with Crippen LogP contribution in [0.25, 0.3) is 0 Å². The van der Waals surface area contributed by atoms with Crippen molar-refractivity contribution in [1.29, 1.82) is 0 Å². The van der Waals surface area contributed by atoms with E-state index in [9.17, 15) is 14.4 Å². The van der Waals surface area contributed by atoms with Crippen LogP contribution >= 0.6 is 11.6 Å². The maximum atomic E-state index is 12.4. The molecule has 3 rings (SSSR count). The van der Waals surface area contributed by atoms with Crippen molar-refractivity contribution < 1.29 is 18.8 Å². The summed E-state index contributed by atoms with van der Waals surface area (Å²) in [5.74, 6) is 0.483. The molecule has 6 nitrogen and oxygen atoms in total. The molecule has 0 bridgehead atoms. The number of Topliss-reactive ketones (excluding diaryl/α,β-unsaturated/α-hetero) is 1. The number of rotatable bonds is 7. The van der Waals surface area contributed by atoms with Crippen LogP contribution in [-0.4, -0.2) is 35.6 Å². The predicted molar refractivity (Wildman–Crippen MR) is 105 cm³/mol. The number of ketones is 1. The number of halogens is 1. The molecule has 1 aromatic heterocycles. The van der Waals surface area contributed by atoms with E-state index in [-0.39, 0.29) is 36.4 Å². The van der Waals surface area contributed by atoms with Crippen molar-refractivity contribution in [2.75, 3.05) is 13.1 Å². The Balaban J connectivity index is 1.39. The molecule has 1 aliphatic rings. The molecule has 1 aromatic carbocycles. The number of hydrogen-bond acceptors (Lipinski definition) is 4. The van der Waals surface area contributed by atoms with Crippen LogP contribution in [0.3, 0.4) is 0 Å². The SMILES string of the molecule is O=C(CCC(=O)N1CCC(C(=O)NCc2ccco2)CC1)c1ccc(Cl)cc1. The molecular formula is C21H23ClN2O4. The number of benzene rings is 1. The first-order valence-electron chi connectivity index (χ1n) is 9.39. The Labute approximate surface area is 168 Å². The number of piperidine rings is 1. The number of furan rings is 1. The average molecular weight is 403 g/mol. The molecule has 2 amide bonds. The molecule has 2 aromatic rings. The Morgan fingerprint density at radius 1 is 1.07 bits per heavy atom. The molecule has 7 heteroatoms. The summed E-state index contributed by atoms with van der Waals surface area (Å²) >= 11 is 5.82. The van der Waals surface area contributed by atoms with E-state index >= 15 is 0 Å². The molecule has 0 spiro atoms. The number of nitrogens with zero attached hydrogens (tertiary/aromatic N) is 1. The maximum Gasteiger partial charge on any atom is 0.223 e. The van der Waals surface area contributed by atoms with E-state index in [1.165, 1.54) is 0 Å². The summed E-state index contributed by atoms with van der Waals surface area (Å²) in [7, 11) is 0. The average Bonchev–Trinajstić information content (AvgIpc) is 3.24. The number of carbonyl (C=O) groups excluding carboxylic acids is 3. The molecule has 28 heavy (non-hydrogen) atoms. The van der Waals surface area contributed by atoms with Gasteiger partial charge in [-0.2, -0.15) is 0 Å². The largest absolute Gasteiger partial charge is 0.467 e. The number of nitrogens with one attached hydrogen (secondary N) is 1. The first-order valence-corrected chi connectivity index (χ1v) is 9.77. The second kappa shape index (κ2) is 9.55. The van der Waals surface area contributed by atoms with Crippen molar-refractivity contribution in [3.05, 3.63) is 59.0 Å². The van der Waals surface area contributed by atoms with Gasteiger partial charge in [0.25, 0.3) is 0 Å². The van der Waals surface area contributed by atoms with Gasteiger partial charge in [-0.15, -0.1) is 0 Å². The molecule has 2 heterocycles. The molecular weight excluding hydrogens is 380 g/mol. The third-order valence-corrected chi connectivity index (χ3v) is 5.22. The molecule has 0 unspecified atom stereocenters. The van der Waals surface area contributed by atoms with Gasteiger partial charge in [0.2, 0.25) is 11.8 Å². The lowest BCUT2D eigenvalue weighted by molar-refractivity contribution is -0.135. The topological polar surface area (TPSA) is 79.6 Å². The summed E-state index contributed by atoms with van der Waals surface area (Å²) in [6.07, 6.45) is 3.17. The molecule has 0 radical (unpaired) electrons. The quantitative estimate of drug-likeness (QED) is 0.719. The summed E-state index contributed by atoms with van der Waals surface area (Å²) in [6, 6.07) is 10.3. The Morgan fingerprint density at radius 2 is 1.79 bits per heavy atom. The van der Waals surface area contributed by atoms with E-state index in [1.807, 2.05) is 6.07 Å². The molecule has 0 atom stereocenters. The predicted octanol–water partition coefficient (Wildman–Crippen LogP) is 3.45. The summed E-state index contributed by atoms with van der Waals surface area (Å²) in [5, 5.41) is 3.44. The smallest absolute Gasteiger partial charge is 0.223 e. The highest BCUT2D eigenvalue weighted by Crippen LogP contribution is 2.19. The Bertz CT molecular complexity index is 809. The van der Waals surface area contributed by atoms with Crippen molar-refractivity contribution in [3.8, 4) is 0 Å². The summed E-state index contributed by atoms with van der Waals surface area (Å²) < 4.78 is 5.20. The van der Waals surface area contributed by atoms with Crippen molar-refractivity contribution in [2.45, 2.75) is 32.2 Å².